The van der Waals surface area contributed by atoms with Gasteiger partial charge in [0.05, 0.1) is 6.61 Å². The molecule has 1 amide bonds. The van der Waals surface area contributed by atoms with Crippen molar-refractivity contribution in [2.24, 2.45) is 0 Å². The Kier molecular flexibility index (Phi) is 10.0. The summed E-state index contributed by atoms with van der Waals surface area (Å²) < 4.78 is 185. The fourth-order valence-electron chi connectivity index (χ4n) is 3.02. The Morgan fingerprint density at radius 3 is 1.76 bits per heavy atom. The van der Waals surface area contributed by atoms with Gasteiger partial charge in [-0.3, -0.25) is 4.79 Å². The predicted octanol–water partition coefficient (Wildman–Crippen LogP) is 0.696. The second kappa shape index (κ2) is 11.0. The molecule has 1 fully saturated rings. The molecule has 0 unspecified atom stereocenters. The van der Waals surface area contributed by atoms with Gasteiger partial charge in [-0.1, -0.05) is 17.5 Å². The van der Waals surface area contributed by atoms with Gasteiger partial charge in [-0.15, -0.1) is 0 Å². The summed E-state index contributed by atoms with van der Waals surface area (Å²) >= 11 is 0. The summed E-state index contributed by atoms with van der Waals surface area (Å²) in [6.45, 7) is -2.96. The zero-order chi connectivity index (χ0) is 29.3. The molecule has 1 saturated heterocycles. The molecule has 2 N–H and O–H groups in total. The number of rotatable bonds is 13. The van der Waals surface area contributed by atoms with Crippen LogP contribution in [0.3, 0.4) is 0 Å². The second-order valence-electron chi connectivity index (χ2n) is 7.70. The highest BCUT2D eigenvalue weighted by molar-refractivity contribution is 8.06. The summed E-state index contributed by atoms with van der Waals surface area (Å²) in [5, 5.41) is -11.3. The van der Waals surface area contributed by atoms with Crippen LogP contribution in [0.2, 0.25) is 0 Å². The van der Waals surface area contributed by atoms with Gasteiger partial charge in [-0.25, -0.2) is 25.3 Å². The highest BCUT2D eigenvalue weighted by Crippen LogP contribution is 2.51. The average Bonchev–Trinajstić information content (AvgIpc) is 2.77. The monoisotopic (exact) mass is 621 g/mol. The number of nitrogens with one attached hydrogen (secondary N) is 1. The number of hydrogen-bond acceptors (Lipinski definition) is 8. The van der Waals surface area contributed by atoms with Crippen LogP contribution in [-0.4, -0.2) is 99.9 Å². The lowest BCUT2D eigenvalue weighted by Gasteiger charge is -2.35. The maximum absolute atomic E-state index is 14.3. The number of carbonyl (C=O) groups is 1. The Labute approximate surface area is 206 Å². The van der Waals surface area contributed by atoms with E-state index in [1.165, 1.54) is 6.92 Å². The first-order chi connectivity index (χ1) is 16.5. The van der Waals surface area contributed by atoms with E-state index in [1.807, 2.05) is 0 Å². The molecule has 1 aliphatic rings. The van der Waals surface area contributed by atoms with Gasteiger partial charge in [0.25, 0.3) is 20.0 Å². The Bertz CT molecular complexity index is 1150. The molecule has 1 aliphatic heterocycles. The van der Waals surface area contributed by atoms with Crippen LogP contribution in [0.1, 0.15) is 32.6 Å². The number of carbonyl (C=O) groups excluding carboxylic acids is 1. The summed E-state index contributed by atoms with van der Waals surface area (Å²) in [4.78, 5) is 11.9. The Balaban J connectivity index is 3.46. The molecule has 22 heteroatoms. The molecule has 0 atom stereocenters. The number of sulfonamides is 3. The van der Waals surface area contributed by atoms with E-state index in [0.29, 0.717) is 0 Å². The number of alkyl halides is 8. The van der Waals surface area contributed by atoms with Gasteiger partial charge in [0.1, 0.15) is 0 Å². The molecule has 0 spiro atoms. The smallest absolute Gasteiger partial charge is 0.395 e. The van der Waals surface area contributed by atoms with E-state index in [-0.39, 0.29) is 34.9 Å². The quantitative estimate of drug-likeness (QED) is 0.285. The minimum atomic E-state index is -7.80. The Hall–Kier alpha value is -1.36. The number of aliphatic hydroxyl groups excluding tert-OH is 1. The lowest BCUT2D eigenvalue weighted by Crippen LogP contribution is -2.66. The largest absolute Gasteiger partial charge is 0.436 e. The molecule has 0 saturated carbocycles. The number of hydrogen-bond donors (Lipinski definition) is 2. The molecular formula is C15H23F8N3O8S3. The van der Waals surface area contributed by atoms with Gasteiger partial charge in [0.15, 0.2) is 0 Å². The molecule has 220 valence electrons. The fourth-order valence-corrected chi connectivity index (χ4v) is 7.42. The first-order valence-corrected chi connectivity index (χ1v) is 14.6. The first kappa shape index (κ1) is 33.7. The van der Waals surface area contributed by atoms with Crippen molar-refractivity contribution < 1.29 is 70.3 Å². The molecule has 11 nitrogen and oxygen atoms in total. The molecule has 1 heterocycles. The molecule has 1 rings (SSSR count). The second-order valence-corrected chi connectivity index (χ2v) is 13.4. The van der Waals surface area contributed by atoms with E-state index < -0.39 is 94.6 Å². The fraction of sp³-hybridized carbons (Fsp3) is 0.933. The zero-order valence-electron chi connectivity index (χ0n) is 18.8. The highest BCUT2D eigenvalue weighted by atomic mass is 32.3. The van der Waals surface area contributed by atoms with E-state index in [9.17, 15) is 65.2 Å². The van der Waals surface area contributed by atoms with Gasteiger partial charge >= 0.3 is 37.6 Å². The van der Waals surface area contributed by atoms with Crippen LogP contribution in [-0.2, 0) is 34.9 Å². The van der Waals surface area contributed by atoms with Crippen molar-refractivity contribution in [1.82, 2.24) is 13.3 Å². The maximum atomic E-state index is 14.3. The number of nitrogens with zero attached hydrogens (tertiary/aromatic N) is 2. The molecule has 37 heavy (non-hydrogen) atoms. The number of piperidine rings is 1. The highest BCUT2D eigenvalue weighted by Gasteiger charge is 2.83. The normalized spacial score (nSPS) is 17.6. The number of halogens is 8. The zero-order valence-corrected chi connectivity index (χ0v) is 21.3. The summed E-state index contributed by atoms with van der Waals surface area (Å²) in [6.07, 6.45) is -0.132. The van der Waals surface area contributed by atoms with Crippen molar-refractivity contribution in [1.29, 1.82) is 0 Å². The summed E-state index contributed by atoms with van der Waals surface area (Å²) in [5.41, 5.74) is 0. The third-order valence-electron chi connectivity index (χ3n) is 5.00. The molecule has 0 aliphatic carbocycles. The summed E-state index contributed by atoms with van der Waals surface area (Å²) in [7, 11) is -21.7. The first-order valence-electron chi connectivity index (χ1n) is 10.2. The minimum Gasteiger partial charge on any atom is -0.395 e. The predicted molar refractivity (Wildman–Crippen MR) is 109 cm³/mol. The summed E-state index contributed by atoms with van der Waals surface area (Å²) in [6, 6.07) is 0. The van der Waals surface area contributed by atoms with Gasteiger partial charge < -0.3 is 10.0 Å². The molecular weight excluding hydrogens is 598 g/mol. The molecule has 0 radical (unpaired) electrons. The standard InChI is InChI=1S/C15H23F8N3O8S3/c1-2-6-25(9-10-27)11(28)12(16,17)35(29,30)24-36(31,32)14(20,21)13(18,19)15(22,23)37(33,34)26-7-4-3-5-8-26/h24,27H,2-10H2,1H3. The van der Waals surface area contributed by atoms with Gasteiger partial charge in [0.2, 0.25) is 0 Å². The maximum Gasteiger partial charge on any atom is 0.436 e. The van der Waals surface area contributed by atoms with E-state index in [0.717, 1.165) is 0 Å². The number of aliphatic hydroxyl groups is 1. The van der Waals surface area contributed by atoms with Crippen LogP contribution in [0.5, 0.6) is 0 Å². The topological polar surface area (TPSA) is 158 Å². The Morgan fingerprint density at radius 1 is 0.838 bits per heavy atom. The molecule has 0 aromatic rings. The SMILES string of the molecule is CCCN(CCO)C(=O)C(F)(F)S(=O)(=O)NS(=O)(=O)C(F)(F)C(F)(F)C(F)(F)S(=O)(=O)N1CCCCC1. The van der Waals surface area contributed by atoms with E-state index in [2.05, 4.69) is 0 Å². The van der Waals surface area contributed by atoms with E-state index in [1.54, 1.807) is 0 Å². The molecule has 0 aromatic carbocycles. The van der Waals surface area contributed by atoms with E-state index >= 15 is 0 Å². The Morgan fingerprint density at radius 2 is 1.32 bits per heavy atom. The van der Waals surface area contributed by atoms with Crippen LogP contribution in [0, 0.1) is 0 Å². The third-order valence-corrected chi connectivity index (χ3v) is 10.5. The third kappa shape index (κ3) is 5.82. The molecule has 0 aromatic heterocycles. The lowest BCUT2D eigenvalue weighted by molar-refractivity contribution is -0.245. The van der Waals surface area contributed by atoms with Crippen LogP contribution in [0.25, 0.3) is 0 Å². The van der Waals surface area contributed by atoms with Crippen molar-refractivity contribution in [3.8, 4) is 0 Å². The van der Waals surface area contributed by atoms with Gasteiger partial charge in [0, 0.05) is 26.2 Å². The van der Waals surface area contributed by atoms with Gasteiger partial charge in [-0.05, 0) is 19.3 Å². The van der Waals surface area contributed by atoms with E-state index in [4.69, 9.17) is 5.11 Å². The van der Waals surface area contributed by atoms with Crippen LogP contribution < -0.4 is 4.13 Å². The average molecular weight is 622 g/mol. The van der Waals surface area contributed by atoms with Crippen molar-refractivity contribution >= 4 is 36.0 Å². The van der Waals surface area contributed by atoms with Crippen LogP contribution in [0.4, 0.5) is 35.1 Å². The summed E-state index contributed by atoms with van der Waals surface area (Å²) in [5.74, 6) is -10.2. The minimum absolute atomic E-state index is 0.0298. The van der Waals surface area contributed by atoms with Crippen molar-refractivity contribution in [2.75, 3.05) is 32.8 Å². The van der Waals surface area contributed by atoms with Crippen LogP contribution >= 0.6 is 0 Å². The lowest BCUT2D eigenvalue weighted by atomic mass is 10.2. The number of amides is 1. The van der Waals surface area contributed by atoms with Crippen molar-refractivity contribution in [3.05, 3.63) is 0 Å². The van der Waals surface area contributed by atoms with Gasteiger partial charge in [-0.2, -0.15) is 39.4 Å². The molecule has 0 bridgehead atoms. The van der Waals surface area contributed by atoms with Crippen molar-refractivity contribution in [3.63, 3.8) is 0 Å². The van der Waals surface area contributed by atoms with Crippen molar-refractivity contribution in [2.45, 2.75) is 54.3 Å². The van der Waals surface area contributed by atoms with Crippen LogP contribution in [0.15, 0.2) is 0 Å².